The standard InChI is InChI=1S/C12H9IN4O2/c1-6-3-4-8(13)9-10(6)15-5-7(12(18)19-2)11(9)16-17-14/h3-5H,1-2H3. The van der Waals surface area contributed by atoms with E-state index in [1.807, 2.05) is 19.1 Å². The Balaban J connectivity index is 2.96. The lowest BCUT2D eigenvalue weighted by atomic mass is 10.1. The average Bonchev–Trinajstić information content (AvgIpc) is 2.42. The van der Waals surface area contributed by atoms with Crippen LogP contribution in [0.15, 0.2) is 23.4 Å². The van der Waals surface area contributed by atoms with E-state index in [2.05, 4.69) is 42.3 Å². The fourth-order valence-electron chi connectivity index (χ4n) is 1.80. The van der Waals surface area contributed by atoms with Crippen LogP contribution in [0.25, 0.3) is 21.3 Å². The minimum Gasteiger partial charge on any atom is -0.465 e. The molecular formula is C12H9IN4O2. The number of pyridine rings is 1. The van der Waals surface area contributed by atoms with Crippen molar-refractivity contribution < 1.29 is 9.53 Å². The van der Waals surface area contributed by atoms with E-state index in [9.17, 15) is 4.79 Å². The quantitative estimate of drug-likeness (QED) is 0.265. The molecule has 2 aromatic rings. The molecule has 0 saturated heterocycles. The number of azide groups is 1. The van der Waals surface area contributed by atoms with Crippen LogP contribution in [-0.2, 0) is 4.74 Å². The van der Waals surface area contributed by atoms with E-state index in [0.717, 1.165) is 9.13 Å². The lowest BCUT2D eigenvalue weighted by Gasteiger charge is -2.10. The van der Waals surface area contributed by atoms with Gasteiger partial charge in [0.15, 0.2) is 0 Å². The highest BCUT2D eigenvalue weighted by atomic mass is 127. The Morgan fingerprint density at radius 1 is 1.53 bits per heavy atom. The zero-order valence-electron chi connectivity index (χ0n) is 10.2. The van der Waals surface area contributed by atoms with Crippen LogP contribution in [0.2, 0.25) is 0 Å². The first-order valence-corrected chi connectivity index (χ1v) is 6.39. The number of aromatic nitrogens is 1. The second-order valence-corrected chi connectivity index (χ2v) is 4.95. The number of halogens is 1. The van der Waals surface area contributed by atoms with Crippen LogP contribution in [0, 0.1) is 10.5 Å². The van der Waals surface area contributed by atoms with Gasteiger partial charge in [-0.1, -0.05) is 11.2 Å². The molecule has 0 amide bonds. The van der Waals surface area contributed by atoms with Gasteiger partial charge >= 0.3 is 5.97 Å². The number of fused-ring (bicyclic) bond motifs is 1. The zero-order valence-corrected chi connectivity index (χ0v) is 12.4. The maximum absolute atomic E-state index is 11.7. The van der Waals surface area contributed by atoms with Crippen molar-refractivity contribution >= 4 is 45.2 Å². The molecule has 0 aliphatic rings. The highest BCUT2D eigenvalue weighted by molar-refractivity contribution is 14.1. The second-order valence-electron chi connectivity index (χ2n) is 3.79. The number of methoxy groups -OCH3 is 1. The average molecular weight is 368 g/mol. The van der Waals surface area contributed by atoms with Gasteiger partial charge in [-0.25, -0.2) is 4.79 Å². The normalized spacial score (nSPS) is 10.1. The maximum Gasteiger partial charge on any atom is 0.339 e. The summed E-state index contributed by atoms with van der Waals surface area (Å²) in [5.41, 5.74) is 10.8. The highest BCUT2D eigenvalue weighted by Crippen LogP contribution is 2.34. The van der Waals surface area contributed by atoms with Gasteiger partial charge in [0.05, 0.1) is 23.9 Å². The number of hydrogen-bond donors (Lipinski definition) is 0. The van der Waals surface area contributed by atoms with Crippen molar-refractivity contribution in [2.24, 2.45) is 5.11 Å². The van der Waals surface area contributed by atoms with Crippen molar-refractivity contribution in [3.05, 3.63) is 43.5 Å². The number of carbonyl (C=O) groups excluding carboxylic acids is 1. The molecule has 0 fully saturated rings. The molecule has 0 N–H and O–H groups in total. The molecule has 1 aromatic heterocycles. The van der Waals surface area contributed by atoms with E-state index in [-0.39, 0.29) is 11.3 Å². The molecule has 19 heavy (non-hydrogen) atoms. The summed E-state index contributed by atoms with van der Waals surface area (Å²) in [7, 11) is 1.27. The third-order valence-electron chi connectivity index (χ3n) is 2.69. The molecule has 7 heteroatoms. The van der Waals surface area contributed by atoms with Crippen LogP contribution >= 0.6 is 22.6 Å². The number of hydrogen-bond acceptors (Lipinski definition) is 4. The third-order valence-corrected chi connectivity index (χ3v) is 3.59. The van der Waals surface area contributed by atoms with E-state index in [1.165, 1.54) is 13.3 Å². The van der Waals surface area contributed by atoms with Gasteiger partial charge in [0, 0.05) is 20.1 Å². The first-order chi connectivity index (χ1) is 9.10. The molecule has 0 aliphatic heterocycles. The summed E-state index contributed by atoms with van der Waals surface area (Å²) in [6, 6.07) is 3.81. The van der Waals surface area contributed by atoms with E-state index >= 15 is 0 Å². The molecule has 96 valence electrons. The largest absolute Gasteiger partial charge is 0.465 e. The Labute approximate surface area is 122 Å². The zero-order chi connectivity index (χ0) is 14.0. The highest BCUT2D eigenvalue weighted by Gasteiger charge is 2.17. The molecule has 0 atom stereocenters. The van der Waals surface area contributed by atoms with Crippen LogP contribution in [0.4, 0.5) is 5.69 Å². The first-order valence-electron chi connectivity index (χ1n) is 5.31. The number of ether oxygens (including phenoxy) is 1. The van der Waals surface area contributed by atoms with Gasteiger partial charge < -0.3 is 4.74 Å². The van der Waals surface area contributed by atoms with Gasteiger partial charge in [-0.05, 0) is 46.7 Å². The minimum absolute atomic E-state index is 0.163. The van der Waals surface area contributed by atoms with Crippen LogP contribution < -0.4 is 0 Å². The summed E-state index contributed by atoms with van der Waals surface area (Å²) in [6.45, 7) is 1.91. The Morgan fingerprint density at radius 2 is 2.26 bits per heavy atom. The van der Waals surface area contributed by atoms with Gasteiger partial charge in [0.1, 0.15) is 0 Å². The Hall–Kier alpha value is -1.86. The SMILES string of the molecule is COC(=O)c1cnc2c(C)ccc(I)c2c1N=[N+]=[N-]. The second kappa shape index (κ2) is 5.41. The summed E-state index contributed by atoms with van der Waals surface area (Å²) in [5, 5.41) is 4.31. The molecule has 0 aliphatic carbocycles. The fraction of sp³-hybridized carbons (Fsp3) is 0.167. The Bertz CT molecular complexity index is 723. The van der Waals surface area contributed by atoms with Gasteiger partial charge in [-0.15, -0.1) is 0 Å². The maximum atomic E-state index is 11.7. The van der Waals surface area contributed by atoms with Crippen LogP contribution in [0.3, 0.4) is 0 Å². The van der Waals surface area contributed by atoms with Crippen molar-refractivity contribution in [2.75, 3.05) is 7.11 Å². The molecule has 1 heterocycles. The van der Waals surface area contributed by atoms with Crippen LogP contribution in [-0.4, -0.2) is 18.1 Å². The number of rotatable bonds is 2. The molecule has 0 radical (unpaired) electrons. The molecule has 0 saturated carbocycles. The van der Waals surface area contributed by atoms with Gasteiger partial charge in [-0.3, -0.25) is 4.98 Å². The molecule has 0 spiro atoms. The predicted molar refractivity (Wildman–Crippen MR) is 79.3 cm³/mol. The first kappa shape index (κ1) is 13.6. The van der Waals surface area contributed by atoms with E-state index < -0.39 is 5.97 Å². The molecule has 6 nitrogen and oxygen atoms in total. The molecular weight excluding hydrogens is 359 g/mol. The number of nitrogens with zero attached hydrogens (tertiary/aromatic N) is 4. The van der Waals surface area contributed by atoms with E-state index in [0.29, 0.717) is 10.9 Å². The van der Waals surface area contributed by atoms with E-state index in [4.69, 9.17) is 5.53 Å². The smallest absolute Gasteiger partial charge is 0.339 e. The van der Waals surface area contributed by atoms with Gasteiger partial charge in [0.25, 0.3) is 0 Å². The van der Waals surface area contributed by atoms with Gasteiger partial charge in [0.2, 0.25) is 0 Å². The number of esters is 1. The predicted octanol–water partition coefficient (Wildman–Crippen LogP) is 3.88. The van der Waals surface area contributed by atoms with Gasteiger partial charge in [-0.2, -0.15) is 0 Å². The molecule has 2 rings (SSSR count). The van der Waals surface area contributed by atoms with E-state index in [1.54, 1.807) is 0 Å². The number of aryl methyl sites for hydroxylation is 1. The summed E-state index contributed by atoms with van der Waals surface area (Å²) in [6.07, 6.45) is 1.38. The topological polar surface area (TPSA) is 88.0 Å². The summed E-state index contributed by atoms with van der Waals surface area (Å²) in [4.78, 5) is 18.8. The van der Waals surface area contributed by atoms with Crippen LogP contribution in [0.5, 0.6) is 0 Å². The number of carbonyl (C=O) groups is 1. The Morgan fingerprint density at radius 3 is 2.89 bits per heavy atom. The lowest BCUT2D eigenvalue weighted by molar-refractivity contribution is 0.0601. The fourth-order valence-corrected chi connectivity index (χ4v) is 2.49. The van der Waals surface area contributed by atoms with Crippen molar-refractivity contribution in [2.45, 2.75) is 6.92 Å². The van der Waals surface area contributed by atoms with Crippen molar-refractivity contribution in [3.63, 3.8) is 0 Å². The Kier molecular flexibility index (Phi) is 3.87. The third kappa shape index (κ3) is 2.34. The number of benzene rings is 1. The lowest BCUT2D eigenvalue weighted by Crippen LogP contribution is -2.03. The van der Waals surface area contributed by atoms with Crippen LogP contribution in [0.1, 0.15) is 15.9 Å². The molecule has 1 aromatic carbocycles. The summed E-state index contributed by atoms with van der Waals surface area (Å²) < 4.78 is 5.54. The molecule has 0 unspecified atom stereocenters. The van der Waals surface area contributed by atoms with Crippen molar-refractivity contribution in [3.8, 4) is 0 Å². The summed E-state index contributed by atoms with van der Waals surface area (Å²) in [5.74, 6) is -0.575. The molecule has 0 bridgehead atoms. The summed E-state index contributed by atoms with van der Waals surface area (Å²) >= 11 is 2.12. The van der Waals surface area contributed by atoms with Crippen molar-refractivity contribution in [1.29, 1.82) is 0 Å². The van der Waals surface area contributed by atoms with Crippen molar-refractivity contribution in [1.82, 2.24) is 4.98 Å². The monoisotopic (exact) mass is 368 g/mol. The minimum atomic E-state index is -0.575.